The largest absolute Gasteiger partial charge is 2.00 e. The molecule has 2 saturated carbocycles. The van der Waals surface area contributed by atoms with E-state index in [0.717, 1.165) is 5.30 Å². The minimum absolute atomic E-state index is 0. The van der Waals surface area contributed by atoms with Gasteiger partial charge in [0.15, 0.2) is 0 Å². The van der Waals surface area contributed by atoms with Gasteiger partial charge in [0.05, 0.1) is 4.90 Å². The molecule has 0 radical (unpaired) electrons. The molecule has 0 bridgehead atoms. The van der Waals surface area contributed by atoms with E-state index in [9.17, 15) is 13.0 Å². The first kappa shape index (κ1) is 23.1. The van der Waals surface area contributed by atoms with Crippen LogP contribution < -0.4 is 5.30 Å². The van der Waals surface area contributed by atoms with Crippen LogP contribution in [0.15, 0.2) is 29.2 Å². The van der Waals surface area contributed by atoms with E-state index >= 15 is 0 Å². The topological polar surface area (TPSA) is 57.2 Å². The molecule has 25 heavy (non-hydrogen) atoms. The van der Waals surface area contributed by atoms with Crippen molar-refractivity contribution in [2.75, 3.05) is 0 Å². The Balaban J connectivity index is 0.00000156. The zero-order valence-corrected chi connectivity index (χ0v) is 16.6. The fourth-order valence-corrected chi connectivity index (χ4v) is 9.33. The smallest absolute Gasteiger partial charge is 0.744 e. The van der Waals surface area contributed by atoms with Crippen molar-refractivity contribution in [3.05, 3.63) is 24.3 Å². The number of hydrogen-bond acceptors (Lipinski definition) is 3. The van der Waals surface area contributed by atoms with Gasteiger partial charge in [-0.1, -0.05) is 72.1 Å². The van der Waals surface area contributed by atoms with Crippen molar-refractivity contribution in [1.29, 1.82) is 0 Å². The van der Waals surface area contributed by atoms with E-state index < -0.39 is 18.0 Å². The van der Waals surface area contributed by atoms with Crippen LogP contribution in [0.1, 0.15) is 71.6 Å². The summed E-state index contributed by atoms with van der Waals surface area (Å²) < 4.78 is 35.3. The molecule has 6 heteroatoms. The van der Waals surface area contributed by atoms with Crippen molar-refractivity contribution in [2.24, 2.45) is 0 Å². The molecule has 1 aromatic carbocycles. The summed E-state index contributed by atoms with van der Waals surface area (Å²) in [6.07, 6.45) is 12.4. The minimum atomic E-state index is -4.39. The molecule has 3 rings (SSSR count). The van der Waals surface area contributed by atoms with Crippen LogP contribution in [-0.4, -0.2) is 24.3 Å². The van der Waals surface area contributed by atoms with E-state index in [4.69, 9.17) is 0 Å². The molecule has 3 nitrogen and oxygen atoms in total. The molecular formula is C19H30NiO3PS+. The molecule has 2 aliphatic carbocycles. The van der Waals surface area contributed by atoms with Gasteiger partial charge in [-0.15, -0.1) is 0 Å². The Kier molecular flexibility index (Phi) is 9.61. The molecule has 1 aromatic rings. The van der Waals surface area contributed by atoms with Crippen molar-refractivity contribution in [3.63, 3.8) is 0 Å². The van der Waals surface area contributed by atoms with Crippen LogP contribution in [0.2, 0.25) is 0 Å². The minimum Gasteiger partial charge on any atom is -0.744 e. The summed E-state index contributed by atoms with van der Waals surface area (Å²) in [5, 5.41) is 0.872. The Morgan fingerprint density at radius 3 is 1.72 bits per heavy atom. The van der Waals surface area contributed by atoms with Crippen LogP contribution >= 0.6 is 7.92 Å². The summed E-state index contributed by atoms with van der Waals surface area (Å²) in [4.78, 5) is 0.0576. The van der Waals surface area contributed by atoms with Crippen molar-refractivity contribution in [3.8, 4) is 0 Å². The predicted molar refractivity (Wildman–Crippen MR) is 101 cm³/mol. The van der Waals surface area contributed by atoms with E-state index in [-0.39, 0.29) is 28.8 Å². The van der Waals surface area contributed by atoms with Gasteiger partial charge in [0, 0.05) is 0 Å². The van der Waals surface area contributed by atoms with E-state index in [2.05, 4.69) is 0 Å². The summed E-state index contributed by atoms with van der Waals surface area (Å²) in [5.41, 5.74) is 1.20. The Labute approximate surface area is 164 Å². The van der Waals surface area contributed by atoms with Gasteiger partial charge < -0.3 is 4.55 Å². The van der Waals surface area contributed by atoms with Crippen molar-refractivity contribution >= 4 is 23.3 Å². The van der Waals surface area contributed by atoms with Crippen LogP contribution in [0.3, 0.4) is 0 Å². The third-order valence-electron chi connectivity index (χ3n) is 5.35. The summed E-state index contributed by atoms with van der Waals surface area (Å²) in [6.45, 7) is 0. The van der Waals surface area contributed by atoms with Crippen LogP contribution in [0.25, 0.3) is 0 Å². The van der Waals surface area contributed by atoms with Gasteiger partial charge >= 0.3 is 16.5 Å². The van der Waals surface area contributed by atoms with Crippen molar-refractivity contribution < 1.29 is 29.5 Å². The molecule has 0 unspecified atom stereocenters. The summed E-state index contributed by atoms with van der Waals surface area (Å²) in [7, 11) is -4.95. The fraction of sp³-hybridized carbons (Fsp3) is 0.684. The van der Waals surface area contributed by atoms with Crippen molar-refractivity contribution in [1.82, 2.24) is 0 Å². The molecule has 0 heterocycles. The molecule has 0 N–H and O–H groups in total. The molecule has 0 aliphatic heterocycles. The molecule has 0 amide bonds. The Morgan fingerprint density at radius 2 is 1.28 bits per heavy atom. The van der Waals surface area contributed by atoms with Crippen LogP contribution in [0.5, 0.6) is 0 Å². The van der Waals surface area contributed by atoms with Crippen LogP contribution in [-0.2, 0) is 26.6 Å². The quantitative estimate of drug-likeness (QED) is 0.386. The van der Waals surface area contributed by atoms with Gasteiger partial charge in [-0.3, -0.25) is 0 Å². The molecule has 0 saturated heterocycles. The van der Waals surface area contributed by atoms with Gasteiger partial charge in [0.2, 0.25) is 0 Å². The fourth-order valence-electron chi connectivity index (χ4n) is 4.29. The normalized spacial score (nSPS) is 19.9. The second kappa shape index (κ2) is 10.4. The SMILES string of the molecule is C.O=S(=O)([O-])c1ccccc1P(C1CCCCC1)C1CCCCC1.[Ni+2]. The molecule has 0 spiro atoms. The standard InChI is InChI=1S/C18H27O3PS.CH4.Ni/c19-23(20,21)18-14-8-7-13-17(18)22(15-9-3-1-4-10-15)16-11-5-2-6-12-16;;/h7-8,13-16H,1-6,9-12H2,(H,19,20,21);1H4;/q;;+2/p-1. The maximum atomic E-state index is 11.8. The van der Waals surface area contributed by atoms with Gasteiger partial charge in [0.25, 0.3) is 0 Å². The summed E-state index contributed by atoms with van der Waals surface area (Å²) in [6, 6.07) is 7.05. The van der Waals surface area contributed by atoms with E-state index in [1.54, 1.807) is 6.07 Å². The first-order chi connectivity index (χ1) is 11.1. The van der Waals surface area contributed by atoms with Crippen molar-refractivity contribution in [2.45, 2.75) is 87.8 Å². The molecule has 2 fully saturated rings. The second-order valence-electron chi connectivity index (χ2n) is 6.91. The second-order valence-corrected chi connectivity index (χ2v) is 11.0. The van der Waals surface area contributed by atoms with Crippen LogP contribution in [0.4, 0.5) is 0 Å². The number of rotatable bonds is 4. The maximum absolute atomic E-state index is 11.8. The first-order valence-electron chi connectivity index (χ1n) is 8.90. The Morgan fingerprint density at radius 1 is 0.840 bits per heavy atom. The van der Waals surface area contributed by atoms with E-state index in [1.165, 1.54) is 70.3 Å². The average molecular weight is 428 g/mol. The van der Waals surface area contributed by atoms with Gasteiger partial charge in [-0.25, -0.2) is 8.42 Å². The third kappa shape index (κ3) is 5.76. The van der Waals surface area contributed by atoms with E-state index in [0.29, 0.717) is 11.3 Å². The monoisotopic (exact) mass is 427 g/mol. The summed E-state index contributed by atoms with van der Waals surface area (Å²) >= 11 is 0. The zero-order valence-electron chi connectivity index (χ0n) is 13.9. The molecular weight excluding hydrogens is 398 g/mol. The average Bonchev–Trinajstić information content (AvgIpc) is 2.57. The summed E-state index contributed by atoms with van der Waals surface area (Å²) in [5.74, 6) is 0. The number of hydrogen-bond donors (Lipinski definition) is 0. The molecule has 0 atom stereocenters. The Bertz CT molecular complexity index is 605. The number of benzene rings is 1. The zero-order chi connectivity index (χ0) is 16.3. The predicted octanol–water partition coefficient (Wildman–Crippen LogP) is 5.00. The molecule has 0 aromatic heterocycles. The van der Waals surface area contributed by atoms with E-state index in [1.807, 2.05) is 12.1 Å². The van der Waals surface area contributed by atoms with Gasteiger partial charge in [-0.2, -0.15) is 0 Å². The van der Waals surface area contributed by atoms with Crippen LogP contribution in [0, 0.1) is 0 Å². The maximum Gasteiger partial charge on any atom is 2.00 e. The molecule has 2 aliphatic rings. The molecule has 144 valence electrons. The third-order valence-corrected chi connectivity index (χ3v) is 9.95. The Hall–Kier alpha value is 0.0535. The van der Waals surface area contributed by atoms with Gasteiger partial charge in [-0.05, 0) is 48.4 Å². The van der Waals surface area contributed by atoms with Gasteiger partial charge in [0.1, 0.15) is 10.1 Å². The first-order valence-corrected chi connectivity index (χ1v) is 11.8.